The van der Waals surface area contributed by atoms with Crippen molar-refractivity contribution in [2.45, 2.75) is 50.6 Å². The Morgan fingerprint density at radius 1 is 1.15 bits per heavy atom. The minimum absolute atomic E-state index is 0.0445. The van der Waals surface area contributed by atoms with Crippen molar-refractivity contribution < 1.29 is 14.4 Å². The second-order valence-electron chi connectivity index (χ2n) is 7.84. The third-order valence-electron chi connectivity index (χ3n) is 6.13. The van der Waals surface area contributed by atoms with Crippen molar-refractivity contribution in [3.8, 4) is 0 Å². The minimum Gasteiger partial charge on any atom is -0.331 e. The lowest BCUT2D eigenvalue weighted by atomic mass is 9.82. The molecule has 0 saturated carbocycles. The van der Waals surface area contributed by atoms with E-state index in [4.69, 9.17) is 0 Å². The number of carbonyl (C=O) groups excluding carboxylic acids is 3. The van der Waals surface area contributed by atoms with Gasteiger partial charge < -0.3 is 14.6 Å². The van der Waals surface area contributed by atoms with Crippen molar-refractivity contribution >= 4 is 29.9 Å². The third kappa shape index (κ3) is 3.77. The average molecular weight is 387 g/mol. The van der Waals surface area contributed by atoms with Crippen LogP contribution in [0.2, 0.25) is 0 Å². The summed E-state index contributed by atoms with van der Waals surface area (Å²) >= 11 is 1.60. The van der Waals surface area contributed by atoms with Crippen LogP contribution in [0.5, 0.6) is 0 Å². The predicted octanol–water partition coefficient (Wildman–Crippen LogP) is 2.27. The molecule has 2 saturated heterocycles. The Morgan fingerprint density at radius 3 is 2.78 bits per heavy atom. The van der Waals surface area contributed by atoms with Gasteiger partial charge in [0.2, 0.25) is 11.8 Å². The van der Waals surface area contributed by atoms with Crippen LogP contribution >= 0.6 is 11.8 Å². The van der Waals surface area contributed by atoms with E-state index in [0.717, 1.165) is 32.0 Å². The number of rotatable bonds is 4. The molecule has 1 aliphatic carbocycles. The topological polar surface area (TPSA) is 57.7 Å². The first-order valence-corrected chi connectivity index (χ1v) is 11.0. The number of benzene rings is 1. The van der Waals surface area contributed by atoms with E-state index in [1.165, 1.54) is 11.1 Å². The van der Waals surface area contributed by atoms with E-state index >= 15 is 0 Å². The highest BCUT2D eigenvalue weighted by Crippen LogP contribution is 2.30. The largest absolute Gasteiger partial charge is 0.331 e. The van der Waals surface area contributed by atoms with E-state index in [1.54, 1.807) is 21.6 Å². The van der Waals surface area contributed by atoms with Gasteiger partial charge in [0.15, 0.2) is 0 Å². The van der Waals surface area contributed by atoms with Gasteiger partial charge in [-0.15, -0.1) is 11.8 Å². The fraction of sp³-hybridized carbons (Fsp3) is 0.571. The molecule has 5 nitrogen and oxygen atoms in total. The molecule has 0 bridgehead atoms. The van der Waals surface area contributed by atoms with Crippen molar-refractivity contribution in [1.29, 1.82) is 0 Å². The van der Waals surface area contributed by atoms with Crippen LogP contribution in [-0.2, 0) is 27.2 Å². The minimum atomic E-state index is -0.380. The quantitative estimate of drug-likeness (QED) is 0.745. The van der Waals surface area contributed by atoms with E-state index in [0.29, 0.717) is 36.9 Å². The molecule has 0 aromatic heterocycles. The number of hydrogen-bond donors (Lipinski definition) is 0. The van der Waals surface area contributed by atoms with Gasteiger partial charge >= 0.3 is 0 Å². The molecule has 0 radical (unpaired) electrons. The molecule has 0 spiro atoms. The average Bonchev–Trinajstić information content (AvgIpc) is 3.36. The Morgan fingerprint density at radius 2 is 1.96 bits per heavy atom. The number of thioether (sulfide) groups is 1. The lowest BCUT2D eigenvalue weighted by Crippen LogP contribution is -2.50. The summed E-state index contributed by atoms with van der Waals surface area (Å²) in [4.78, 5) is 40.6. The molecule has 1 aromatic carbocycles. The van der Waals surface area contributed by atoms with Gasteiger partial charge in [-0.3, -0.25) is 9.59 Å². The molecule has 3 aliphatic rings. The summed E-state index contributed by atoms with van der Waals surface area (Å²) in [6.07, 6.45) is 5.97. The molecular formula is C21H26N2O3S. The molecule has 6 heteroatoms. The summed E-state index contributed by atoms with van der Waals surface area (Å²) in [6.45, 7) is 0.658. The summed E-state index contributed by atoms with van der Waals surface area (Å²) in [6, 6.07) is 7.77. The summed E-state index contributed by atoms with van der Waals surface area (Å²) in [7, 11) is 0. The Bertz CT molecular complexity index is 738. The molecule has 2 aliphatic heterocycles. The van der Waals surface area contributed by atoms with Crippen LogP contribution < -0.4 is 0 Å². The molecule has 3 atom stereocenters. The maximum atomic E-state index is 13.0. The molecule has 2 fully saturated rings. The molecule has 0 N–H and O–H groups in total. The number of aldehydes is 1. The summed E-state index contributed by atoms with van der Waals surface area (Å²) < 4.78 is 0. The van der Waals surface area contributed by atoms with E-state index < -0.39 is 0 Å². The van der Waals surface area contributed by atoms with Gasteiger partial charge in [-0.1, -0.05) is 24.3 Å². The van der Waals surface area contributed by atoms with E-state index in [2.05, 4.69) is 24.3 Å². The van der Waals surface area contributed by atoms with Crippen molar-refractivity contribution in [2.24, 2.45) is 5.92 Å². The normalized spacial score (nSPS) is 27.5. The fourth-order valence-electron chi connectivity index (χ4n) is 4.62. The first-order valence-electron chi connectivity index (χ1n) is 9.87. The first kappa shape index (κ1) is 18.5. The van der Waals surface area contributed by atoms with Gasteiger partial charge in [0.25, 0.3) is 0 Å². The van der Waals surface area contributed by atoms with Crippen LogP contribution in [0.3, 0.4) is 0 Å². The standard InChI is InChI=1S/C21H26N2O3S/c24-12-18-13-27-14-23(18)21(26)19-6-3-9-22(19)20(25)11-15-7-8-16-4-1-2-5-17(16)10-15/h1-2,4-5,12,15,18-19H,3,6-11,13-14H2/t15-,18+,19-/m0/s1. The fourth-order valence-corrected chi connectivity index (χ4v) is 5.74. The lowest BCUT2D eigenvalue weighted by molar-refractivity contribution is -0.145. The first-order chi connectivity index (χ1) is 13.2. The van der Waals surface area contributed by atoms with Gasteiger partial charge in [-0.25, -0.2) is 0 Å². The summed E-state index contributed by atoms with van der Waals surface area (Å²) in [5.41, 5.74) is 2.76. The zero-order valence-electron chi connectivity index (χ0n) is 15.5. The molecule has 0 unspecified atom stereocenters. The maximum absolute atomic E-state index is 13.0. The van der Waals surface area contributed by atoms with E-state index in [9.17, 15) is 14.4 Å². The number of amides is 2. The molecule has 4 rings (SSSR count). The third-order valence-corrected chi connectivity index (χ3v) is 7.17. The smallest absolute Gasteiger partial charge is 0.246 e. The van der Waals surface area contributed by atoms with Crippen LogP contribution in [0.1, 0.15) is 36.8 Å². The highest BCUT2D eigenvalue weighted by atomic mass is 32.2. The van der Waals surface area contributed by atoms with Crippen molar-refractivity contribution in [3.63, 3.8) is 0 Å². The highest BCUT2D eigenvalue weighted by Gasteiger charge is 2.40. The number of fused-ring (bicyclic) bond motifs is 1. The monoisotopic (exact) mass is 386 g/mol. The van der Waals surface area contributed by atoms with Crippen molar-refractivity contribution in [3.05, 3.63) is 35.4 Å². The Hall–Kier alpha value is -1.82. The van der Waals surface area contributed by atoms with Gasteiger partial charge in [-0.2, -0.15) is 0 Å². The molecule has 2 heterocycles. The predicted molar refractivity (Wildman–Crippen MR) is 105 cm³/mol. The van der Waals surface area contributed by atoms with E-state index in [-0.39, 0.29) is 23.9 Å². The lowest BCUT2D eigenvalue weighted by Gasteiger charge is -2.31. The van der Waals surface area contributed by atoms with Gasteiger partial charge in [0.05, 0.1) is 11.9 Å². The number of likely N-dealkylation sites (tertiary alicyclic amines) is 1. The number of hydrogen-bond acceptors (Lipinski definition) is 4. The second-order valence-corrected chi connectivity index (χ2v) is 8.84. The Labute approximate surface area is 164 Å². The van der Waals surface area contributed by atoms with E-state index in [1.807, 2.05) is 0 Å². The zero-order valence-corrected chi connectivity index (χ0v) is 16.3. The second kappa shape index (κ2) is 8.05. The van der Waals surface area contributed by atoms with Crippen molar-refractivity contribution in [2.75, 3.05) is 18.2 Å². The Balaban J connectivity index is 1.39. The summed E-state index contributed by atoms with van der Waals surface area (Å²) in [5, 5.41) is 0. The van der Waals surface area contributed by atoms with Crippen LogP contribution in [0.15, 0.2) is 24.3 Å². The number of nitrogens with zero attached hydrogens (tertiary/aromatic N) is 2. The number of carbonyl (C=O) groups is 3. The van der Waals surface area contributed by atoms with Gasteiger partial charge in [0, 0.05) is 18.7 Å². The van der Waals surface area contributed by atoms with Crippen LogP contribution in [0.4, 0.5) is 0 Å². The highest BCUT2D eigenvalue weighted by molar-refractivity contribution is 7.99. The molecule has 27 heavy (non-hydrogen) atoms. The number of aryl methyl sites for hydroxylation is 1. The van der Waals surface area contributed by atoms with Crippen LogP contribution in [0, 0.1) is 5.92 Å². The molecule has 144 valence electrons. The maximum Gasteiger partial charge on any atom is 0.246 e. The van der Waals surface area contributed by atoms with Crippen LogP contribution in [-0.4, -0.2) is 58.2 Å². The van der Waals surface area contributed by atoms with Crippen molar-refractivity contribution in [1.82, 2.24) is 9.80 Å². The molecule has 1 aromatic rings. The zero-order chi connectivity index (χ0) is 18.8. The van der Waals surface area contributed by atoms with Crippen LogP contribution in [0.25, 0.3) is 0 Å². The summed E-state index contributed by atoms with van der Waals surface area (Å²) in [5.74, 6) is 1.63. The molecule has 2 amide bonds. The SMILES string of the molecule is O=C[C@@H]1CSCN1C(=O)[C@@H]1CCCN1C(=O)C[C@H]1CCc2ccccc2C1. The van der Waals surface area contributed by atoms with Gasteiger partial charge in [0.1, 0.15) is 12.3 Å². The molecular weight excluding hydrogens is 360 g/mol. The Kier molecular flexibility index (Phi) is 5.53. The van der Waals surface area contributed by atoms with Gasteiger partial charge in [-0.05, 0) is 49.1 Å².